The highest BCUT2D eigenvalue weighted by molar-refractivity contribution is 5.47. The van der Waals surface area contributed by atoms with Gasteiger partial charge in [0, 0.05) is 6.85 Å². The average molecular weight is 1830 g/mol. The second-order valence-corrected chi connectivity index (χ2v) is 49.8. The van der Waals surface area contributed by atoms with Crippen LogP contribution in [0.5, 0.6) is 0 Å². The molecule has 0 N–H and O–H groups in total. The molecule has 11 rings (SSSR count). The number of alkyl halides is 3. The fraction of sp³-hybridized carbons (Fsp3) is 0.631. The smallest absolute Gasteiger partial charge is 0.171 e. The summed E-state index contributed by atoms with van der Waals surface area (Å²) in [4.78, 5) is 0. The lowest BCUT2D eigenvalue weighted by Gasteiger charge is -2.35. The molecule has 8 aromatic rings. The van der Waals surface area contributed by atoms with E-state index in [2.05, 4.69) is 393 Å². The summed E-state index contributed by atoms with van der Waals surface area (Å²) in [7, 11) is 0. The molecule has 0 radical (unpaired) electrons. The molecule has 3 aliphatic rings. The van der Waals surface area contributed by atoms with Crippen LogP contribution in [0.25, 0.3) is 0 Å². The van der Waals surface area contributed by atoms with Gasteiger partial charge in [0.1, 0.15) is 0 Å². The number of halogens is 3. The maximum Gasteiger partial charge on any atom is 0.394 e. The third kappa shape index (κ3) is 38.7. The van der Waals surface area contributed by atoms with E-state index in [9.17, 15) is 15.9 Å². The summed E-state index contributed by atoms with van der Waals surface area (Å²) in [6, 6.07) is 64.1. The van der Waals surface area contributed by atoms with Crippen molar-refractivity contribution in [3.05, 3.63) is 282 Å². The van der Waals surface area contributed by atoms with Gasteiger partial charge in [-0.2, -0.15) is 13.2 Å². The summed E-state index contributed by atoms with van der Waals surface area (Å²) in [5, 5.41) is 0. The van der Waals surface area contributed by atoms with Gasteiger partial charge in [-0.15, -0.1) is 0 Å². The van der Waals surface area contributed by atoms with Gasteiger partial charge in [0.05, 0.1) is 5.41 Å². The molecular formula is C130H203F3. The van der Waals surface area contributed by atoms with Crippen LogP contribution in [0, 0.1) is 16.7 Å². The van der Waals surface area contributed by atoms with Gasteiger partial charge in [-0.25, -0.2) is 0 Å². The van der Waals surface area contributed by atoms with Crippen molar-refractivity contribution in [1.29, 1.82) is 0 Å². The summed E-state index contributed by atoms with van der Waals surface area (Å²) in [5.41, 5.74) is 23.3. The molecule has 0 atom stereocenters. The first-order chi connectivity index (χ1) is 63.3. The van der Waals surface area contributed by atoms with Crippen LogP contribution in [0.2, 0.25) is 0 Å². The summed E-state index contributed by atoms with van der Waals surface area (Å²) in [6.07, 6.45) is 20.8. The van der Waals surface area contributed by atoms with Gasteiger partial charge in [-0.05, 0) is 292 Å². The number of benzene rings is 8. The van der Waals surface area contributed by atoms with Crippen molar-refractivity contribution < 1.29 is 20.0 Å². The number of hydrogen-bond acceptors (Lipinski definition) is 0. The van der Waals surface area contributed by atoms with E-state index < -0.39 is 35.2 Å². The van der Waals surface area contributed by atoms with E-state index in [1.165, 1.54) is 163 Å². The molecule has 3 saturated carbocycles. The van der Waals surface area contributed by atoms with Crippen molar-refractivity contribution in [3.8, 4) is 0 Å². The predicted molar refractivity (Wildman–Crippen MR) is 588 cm³/mol. The van der Waals surface area contributed by atoms with Crippen molar-refractivity contribution in [2.75, 3.05) is 0 Å². The van der Waals surface area contributed by atoms with Crippen LogP contribution >= 0.6 is 0 Å². The Hall–Kier alpha value is -6.45. The summed E-state index contributed by atoms with van der Waals surface area (Å²) in [5.74, 6) is -0.247. The Morgan fingerprint density at radius 1 is 0.278 bits per heavy atom. The van der Waals surface area contributed by atoms with Crippen molar-refractivity contribution in [2.24, 2.45) is 16.7 Å². The Morgan fingerprint density at radius 2 is 0.549 bits per heavy atom. The van der Waals surface area contributed by atoms with Gasteiger partial charge in [0.25, 0.3) is 0 Å². The van der Waals surface area contributed by atoms with Gasteiger partial charge in [-0.1, -0.05) is 510 Å². The molecule has 0 spiro atoms. The lowest BCUT2D eigenvalue weighted by Crippen LogP contribution is -2.34. The first kappa shape index (κ1) is 110. The molecule has 3 heteroatoms. The molecule has 0 nitrogen and oxygen atoms in total. The molecule has 0 aliphatic heterocycles. The van der Waals surface area contributed by atoms with Gasteiger partial charge < -0.3 is 0 Å². The normalized spacial score (nSPS) is 16.3. The molecule has 133 heavy (non-hydrogen) atoms. The second-order valence-electron chi connectivity index (χ2n) is 49.8. The molecule has 0 bridgehead atoms. The molecule has 0 unspecified atom stereocenters. The number of hydrogen-bond donors (Lipinski definition) is 0. The lowest BCUT2D eigenvalue weighted by molar-refractivity contribution is -0.211. The van der Waals surface area contributed by atoms with Gasteiger partial charge >= 0.3 is 6.18 Å². The minimum atomic E-state index is -4.18. The highest BCUT2D eigenvalue weighted by Gasteiger charge is 2.47. The summed E-state index contributed by atoms with van der Waals surface area (Å²) in [6.45, 7) is 85.1. The molecule has 0 heterocycles. The van der Waals surface area contributed by atoms with Crippen LogP contribution in [-0.2, 0) is 62.6 Å². The maximum atomic E-state index is 12.9. The Kier molecular flexibility index (Phi) is 44.0. The third-order valence-electron chi connectivity index (χ3n) is 27.2. The molecule has 0 aromatic heterocycles. The van der Waals surface area contributed by atoms with Crippen LogP contribution in [0.4, 0.5) is 13.2 Å². The topological polar surface area (TPSA) is 0 Å². The largest absolute Gasteiger partial charge is 0.394 e. The minimum absolute atomic E-state index is 0.0110. The fourth-order valence-corrected chi connectivity index (χ4v) is 20.1. The Morgan fingerprint density at radius 3 is 0.857 bits per heavy atom. The Balaban J connectivity index is 0.000000332. The van der Waals surface area contributed by atoms with Crippen LogP contribution in [0.15, 0.2) is 182 Å². The van der Waals surface area contributed by atoms with Crippen molar-refractivity contribution in [3.63, 3.8) is 0 Å². The zero-order valence-corrected chi connectivity index (χ0v) is 93.2. The monoisotopic (exact) mass is 1830 g/mol. The van der Waals surface area contributed by atoms with E-state index in [4.69, 9.17) is 4.11 Å². The van der Waals surface area contributed by atoms with E-state index in [0.29, 0.717) is 11.3 Å². The third-order valence-corrected chi connectivity index (χ3v) is 27.2. The molecule has 744 valence electrons. The van der Waals surface area contributed by atoms with Crippen molar-refractivity contribution >= 4 is 0 Å². The van der Waals surface area contributed by atoms with E-state index in [-0.39, 0.29) is 55.6 Å². The quantitative estimate of drug-likeness (QED) is 0.0803. The standard InChI is InChI=1S/C22H34.C20H34.C16H24.C15H21F3.2C15H24.C14H22.C13H20/c1-22(2,3)21-19(17-11-6-4-7-12-17)15-10-16-20(21)18-13-8-5-9-14-18;1-8-15(9-2)17-13-12-14-18(16(10-3)11-4)19(17)20(5,6)7;1-16(2,3)15-12-8-7-11-14(15)13-9-5-4-6-10-13;1-13(2,3)12-9-7-6-8-11(12)10-14(4,5)15(16,17)18;1-14(2,3)11-12-9-7-8-10-13(12)15(4,5)6;1-6-12(7-2)13-10-8-9-11-14(13)15(3,4)5;1-11(2)10-12-8-6-7-9-13(12)14(3,4)5;1-10(2)11-8-6-7-9-12(11)13(3,4)5/h10,15-18H,4-9,11-14H2,1-3H3;12-16H,8-11H2,1-7H3;7-8,11-13H,4-6,9-10H2,1-3H3;6-9H,10H2,1-5H3;7-10H,11H2,1-6H3;8-12H,6-7H2,1-5H3;6-9,11H,10H2,1-5H3;6-10H,1-5H3/i17D,18D;15D,16D;13D;;;;;. The molecule has 0 amide bonds. The Bertz CT molecular complexity index is 4810. The SMILES string of the molecule is CC(C)(C)Cc1ccccc1C(C)(C)C.CC(C)(C)c1ccccc1CC(C)(C)C(F)(F)F.CC(C)Cc1ccccc1C(C)(C)C.CC(C)c1ccccc1C(C)(C)C.CCC(CC)c1ccccc1C(C)(C)C.[2H]C(CC)(CC)c1cccc(C([2H])(CC)CC)c1C(C)(C)C.[2H]C1(c2cccc(C3([2H])CCCCC3)c2C(C)(C)C)CCCCC1.[2H]C1(c2ccccc2C(C)(C)C)CCCCC1. The highest BCUT2D eigenvalue weighted by Crippen LogP contribution is 2.48. The van der Waals surface area contributed by atoms with Crippen LogP contribution in [-0.4, -0.2) is 6.18 Å². The van der Waals surface area contributed by atoms with Crippen LogP contribution < -0.4 is 0 Å². The zero-order chi connectivity index (χ0) is 105. The predicted octanol–water partition coefficient (Wildman–Crippen LogP) is 41.8. The van der Waals surface area contributed by atoms with Crippen molar-refractivity contribution in [2.45, 2.75) is 515 Å². The van der Waals surface area contributed by atoms with Gasteiger partial charge in [-0.3, -0.25) is 0 Å². The van der Waals surface area contributed by atoms with Crippen LogP contribution in [0.1, 0.15) is 553 Å². The molecule has 3 aliphatic carbocycles. The summed E-state index contributed by atoms with van der Waals surface area (Å²) < 4.78 is 83.9. The number of rotatable bonds is 18. The first-order valence-corrected chi connectivity index (χ1v) is 52.7. The maximum absolute atomic E-state index is 12.9. The fourth-order valence-electron chi connectivity index (χ4n) is 20.1. The molecule has 3 fully saturated rings. The Labute approximate surface area is 828 Å². The minimum Gasteiger partial charge on any atom is -0.171 e. The van der Waals surface area contributed by atoms with Gasteiger partial charge in [0.15, 0.2) is 0 Å². The van der Waals surface area contributed by atoms with E-state index in [1.54, 1.807) is 17.7 Å². The van der Waals surface area contributed by atoms with E-state index >= 15 is 0 Å². The summed E-state index contributed by atoms with van der Waals surface area (Å²) >= 11 is 0. The van der Waals surface area contributed by atoms with Crippen LogP contribution in [0.3, 0.4) is 0 Å². The highest BCUT2D eigenvalue weighted by atomic mass is 19.4. The van der Waals surface area contributed by atoms with E-state index in [0.717, 1.165) is 105 Å². The van der Waals surface area contributed by atoms with Crippen molar-refractivity contribution in [1.82, 2.24) is 0 Å². The molecule has 0 saturated heterocycles. The van der Waals surface area contributed by atoms with E-state index in [1.807, 2.05) is 32.9 Å². The first-order valence-electron chi connectivity index (χ1n) is 55.2. The second kappa shape index (κ2) is 53.1. The molecule has 8 aromatic carbocycles. The molecular weight excluding hydrogens is 1620 g/mol. The average Bonchev–Trinajstić information content (AvgIpc) is 0.747. The lowest BCUT2D eigenvalue weighted by atomic mass is 9.70. The van der Waals surface area contributed by atoms with Gasteiger partial charge in [0.2, 0.25) is 0 Å². The zero-order valence-electron chi connectivity index (χ0n) is 98.2.